The van der Waals surface area contributed by atoms with Crippen molar-refractivity contribution in [2.24, 2.45) is 0 Å². The first kappa shape index (κ1) is 20.6. The maximum atomic E-state index is 10.9. The van der Waals surface area contributed by atoms with E-state index in [4.69, 9.17) is 0 Å². The number of hydrogen-bond donors (Lipinski definition) is 1. The van der Waals surface area contributed by atoms with Crippen molar-refractivity contribution in [3.8, 4) is 0 Å². The highest BCUT2D eigenvalue weighted by Crippen LogP contribution is 2.08. The average molecular weight is 310 g/mol. The van der Waals surface area contributed by atoms with Crippen LogP contribution in [0, 0.1) is 0 Å². The van der Waals surface area contributed by atoms with Crippen molar-refractivity contribution in [3.05, 3.63) is 36.5 Å². The van der Waals surface area contributed by atoms with Crippen molar-refractivity contribution in [1.82, 2.24) is 0 Å². The summed E-state index contributed by atoms with van der Waals surface area (Å²) in [6, 6.07) is 0. The normalized spacial score (nSPS) is 13.4. The second-order valence-electron chi connectivity index (χ2n) is 5.34. The first-order valence-corrected chi connectivity index (χ1v) is 8.44. The van der Waals surface area contributed by atoms with Gasteiger partial charge in [-0.1, -0.05) is 62.6 Å². The molecule has 0 saturated carbocycles. The van der Waals surface area contributed by atoms with Crippen LogP contribution in [0.25, 0.3) is 0 Å². The molecule has 0 heterocycles. The Morgan fingerprint density at radius 2 is 1.68 bits per heavy atom. The molecule has 0 saturated heterocycles. The van der Waals surface area contributed by atoms with Crippen LogP contribution >= 0.6 is 0 Å². The van der Waals surface area contributed by atoms with Gasteiger partial charge in [-0.3, -0.25) is 4.79 Å². The summed E-state index contributed by atoms with van der Waals surface area (Å²) >= 11 is 0. The van der Waals surface area contributed by atoms with Gasteiger partial charge in [0.25, 0.3) is 0 Å². The number of carbonyl (C=O) groups is 1. The van der Waals surface area contributed by atoms with E-state index < -0.39 is 6.10 Å². The summed E-state index contributed by atoms with van der Waals surface area (Å²) in [5, 5.41) is 9.71. The Hall–Kier alpha value is -1.35. The molecule has 0 aliphatic heterocycles. The molecular weight excluding hydrogens is 278 g/mol. The number of unbranched alkanes of at least 4 members (excludes halogenated alkanes) is 5. The van der Waals surface area contributed by atoms with Crippen molar-refractivity contribution in [3.63, 3.8) is 0 Å². The SMILES string of the molecule is CC/C=C\C/C=C\[C@@H](O)/C=C\CCCCCCC[14C](=O)OC. The Morgan fingerprint density at radius 3 is 2.41 bits per heavy atom. The van der Waals surface area contributed by atoms with Crippen LogP contribution in [0.1, 0.15) is 64.7 Å². The third-order valence-electron chi connectivity index (χ3n) is 3.32. The molecule has 3 heteroatoms. The molecule has 0 bridgehead atoms. The third-order valence-corrected chi connectivity index (χ3v) is 3.32. The predicted molar refractivity (Wildman–Crippen MR) is 92.7 cm³/mol. The van der Waals surface area contributed by atoms with Crippen LogP contribution in [0.5, 0.6) is 0 Å². The Kier molecular flexibility index (Phi) is 15.0. The maximum Gasteiger partial charge on any atom is 0.305 e. The number of esters is 1. The summed E-state index contributed by atoms with van der Waals surface area (Å²) in [6.45, 7) is 2.11. The van der Waals surface area contributed by atoms with Gasteiger partial charge < -0.3 is 9.84 Å². The molecule has 0 fully saturated rings. The van der Waals surface area contributed by atoms with Gasteiger partial charge in [0.1, 0.15) is 0 Å². The van der Waals surface area contributed by atoms with Gasteiger partial charge in [0, 0.05) is 6.42 Å². The largest absolute Gasteiger partial charge is 0.469 e. The van der Waals surface area contributed by atoms with Gasteiger partial charge in [-0.05, 0) is 32.1 Å². The van der Waals surface area contributed by atoms with Crippen molar-refractivity contribution >= 4 is 5.97 Å². The molecule has 0 aliphatic carbocycles. The Labute approximate surface area is 135 Å². The molecule has 0 aromatic heterocycles. The van der Waals surface area contributed by atoms with Crippen molar-refractivity contribution in [2.45, 2.75) is 70.8 Å². The minimum atomic E-state index is -0.477. The number of rotatable bonds is 13. The third kappa shape index (κ3) is 15.0. The fraction of sp³-hybridized carbons (Fsp3) is 0.632. The molecule has 0 aromatic carbocycles. The number of methoxy groups -OCH3 is 1. The zero-order valence-corrected chi connectivity index (χ0v) is 14.2. The highest BCUT2D eigenvalue weighted by molar-refractivity contribution is 5.68. The molecule has 1 atom stereocenters. The summed E-state index contributed by atoms with van der Waals surface area (Å²) in [7, 11) is 1.43. The standard InChI is InChI=1S/C19H32O3/c1-3-4-5-9-12-15-18(20)16-13-10-7-6-8-11-14-17-19(21)22-2/h4-5,12-13,15-16,18,20H,3,6-11,14,17H2,1-2H3/b5-4-,15-12-,16-13-/t18-/m1/s1/i19+2. The molecule has 0 radical (unpaired) electrons. The van der Waals surface area contributed by atoms with Crippen LogP contribution in [0.4, 0.5) is 0 Å². The fourth-order valence-electron chi connectivity index (χ4n) is 2.02. The van der Waals surface area contributed by atoms with E-state index in [-0.39, 0.29) is 5.97 Å². The van der Waals surface area contributed by atoms with Crippen LogP contribution < -0.4 is 0 Å². The predicted octanol–water partition coefficient (Wildman–Crippen LogP) is 4.72. The molecule has 3 nitrogen and oxygen atoms in total. The number of allylic oxidation sites excluding steroid dienone is 4. The van der Waals surface area contributed by atoms with Crippen LogP contribution in [0.3, 0.4) is 0 Å². The lowest BCUT2D eigenvalue weighted by atomic mass is 10.1. The molecule has 0 unspecified atom stereocenters. The number of aliphatic hydroxyl groups excluding tert-OH is 1. The van der Waals surface area contributed by atoms with Gasteiger partial charge >= 0.3 is 5.97 Å². The second-order valence-corrected chi connectivity index (χ2v) is 5.34. The van der Waals surface area contributed by atoms with E-state index >= 15 is 0 Å². The van der Waals surface area contributed by atoms with E-state index in [9.17, 15) is 9.90 Å². The van der Waals surface area contributed by atoms with Gasteiger partial charge in [0.2, 0.25) is 0 Å². The Bertz CT molecular complexity index is 343. The lowest BCUT2D eigenvalue weighted by Crippen LogP contribution is -1.99. The summed E-state index contributed by atoms with van der Waals surface area (Å²) in [6.07, 6.45) is 20.4. The topological polar surface area (TPSA) is 46.5 Å². The first-order chi connectivity index (χ1) is 10.7. The summed E-state index contributed by atoms with van der Waals surface area (Å²) in [4.78, 5) is 10.9. The Morgan fingerprint density at radius 1 is 1.00 bits per heavy atom. The van der Waals surface area contributed by atoms with Gasteiger partial charge in [0.15, 0.2) is 0 Å². The van der Waals surface area contributed by atoms with Crippen molar-refractivity contribution < 1.29 is 14.6 Å². The highest BCUT2D eigenvalue weighted by Gasteiger charge is 1.98. The first-order valence-electron chi connectivity index (χ1n) is 8.44. The average Bonchev–Trinajstić information content (AvgIpc) is 2.52. The van der Waals surface area contributed by atoms with E-state index in [1.165, 1.54) is 13.5 Å². The second kappa shape index (κ2) is 16.0. The smallest absolute Gasteiger partial charge is 0.305 e. The van der Waals surface area contributed by atoms with Gasteiger partial charge in [-0.15, -0.1) is 0 Å². The van der Waals surface area contributed by atoms with E-state index in [1.807, 2.05) is 24.3 Å². The lowest BCUT2D eigenvalue weighted by molar-refractivity contribution is -0.140. The van der Waals surface area contributed by atoms with Crippen molar-refractivity contribution in [1.29, 1.82) is 0 Å². The minimum absolute atomic E-state index is 0.116. The summed E-state index contributed by atoms with van der Waals surface area (Å²) < 4.78 is 4.60. The number of ether oxygens (including phenoxy) is 1. The van der Waals surface area contributed by atoms with Crippen molar-refractivity contribution in [2.75, 3.05) is 7.11 Å². The van der Waals surface area contributed by atoms with E-state index in [0.717, 1.165) is 44.9 Å². The summed E-state index contributed by atoms with van der Waals surface area (Å²) in [5.74, 6) is -0.116. The van der Waals surface area contributed by atoms with Crippen LogP contribution in [0.15, 0.2) is 36.5 Å². The van der Waals surface area contributed by atoms with Crippen LogP contribution in [-0.2, 0) is 9.53 Å². The number of carbonyl (C=O) groups excluding carboxylic acids is 1. The van der Waals surface area contributed by atoms with Gasteiger partial charge in [-0.2, -0.15) is 0 Å². The fourth-order valence-corrected chi connectivity index (χ4v) is 2.02. The Balaban J connectivity index is 3.46. The molecule has 126 valence electrons. The molecule has 0 aliphatic rings. The highest BCUT2D eigenvalue weighted by atomic mass is 16.7. The molecule has 1 N–H and O–H groups in total. The number of aliphatic hydroxyl groups is 1. The molecule has 0 amide bonds. The van der Waals surface area contributed by atoms with Crippen LogP contribution in [-0.4, -0.2) is 24.3 Å². The van der Waals surface area contributed by atoms with E-state index in [2.05, 4.69) is 23.8 Å². The van der Waals surface area contributed by atoms with E-state index in [1.54, 1.807) is 0 Å². The summed E-state index contributed by atoms with van der Waals surface area (Å²) in [5.41, 5.74) is 0. The molecule has 22 heavy (non-hydrogen) atoms. The number of hydrogen-bond acceptors (Lipinski definition) is 3. The lowest BCUT2D eigenvalue weighted by Gasteiger charge is -2.00. The molecular formula is C19H32O3. The zero-order chi connectivity index (χ0) is 16.5. The maximum absolute atomic E-state index is 10.9. The quantitative estimate of drug-likeness (QED) is 0.304. The monoisotopic (exact) mass is 310 g/mol. The molecule has 0 aromatic rings. The van der Waals surface area contributed by atoms with E-state index in [0.29, 0.717) is 6.42 Å². The molecule has 0 spiro atoms. The minimum Gasteiger partial charge on any atom is -0.469 e. The van der Waals surface area contributed by atoms with Gasteiger partial charge in [-0.25, -0.2) is 0 Å². The van der Waals surface area contributed by atoms with Gasteiger partial charge in [0.05, 0.1) is 13.2 Å². The van der Waals surface area contributed by atoms with Crippen LogP contribution in [0.2, 0.25) is 0 Å². The zero-order valence-electron chi connectivity index (χ0n) is 14.2. The molecule has 0 rings (SSSR count).